The molecule has 0 saturated carbocycles. The van der Waals surface area contributed by atoms with Crippen LogP contribution in [0.5, 0.6) is 0 Å². The number of aryl methyl sites for hydroxylation is 1. The molecule has 0 aromatic heterocycles. The highest BCUT2D eigenvalue weighted by molar-refractivity contribution is 5.93. The van der Waals surface area contributed by atoms with Gasteiger partial charge >= 0.3 is 0 Å². The first-order valence-corrected chi connectivity index (χ1v) is 10.8. The van der Waals surface area contributed by atoms with Gasteiger partial charge in [-0.15, -0.1) is 0 Å². The number of hydrogen-bond acceptors (Lipinski definition) is 4. The number of nitriles is 1. The monoisotopic (exact) mass is 404 g/mol. The summed E-state index contributed by atoms with van der Waals surface area (Å²) in [6.07, 6.45) is 1.05. The first-order chi connectivity index (χ1) is 14.5. The van der Waals surface area contributed by atoms with E-state index in [1.165, 1.54) is 11.1 Å². The van der Waals surface area contributed by atoms with E-state index in [1.807, 2.05) is 24.3 Å². The molecule has 1 aliphatic rings. The summed E-state index contributed by atoms with van der Waals surface area (Å²) in [5.74, 6) is 0.431. The van der Waals surface area contributed by atoms with E-state index in [0.29, 0.717) is 18.0 Å². The molecule has 1 amide bonds. The number of nitrogens with one attached hydrogen (secondary N) is 1. The van der Waals surface area contributed by atoms with E-state index in [2.05, 4.69) is 60.2 Å². The smallest absolute Gasteiger partial charge is 0.238 e. The third kappa shape index (κ3) is 5.91. The van der Waals surface area contributed by atoms with Crippen LogP contribution in [0.4, 0.5) is 5.69 Å². The minimum atomic E-state index is 0.0618. The third-order valence-corrected chi connectivity index (χ3v) is 5.73. The zero-order chi connectivity index (χ0) is 21.5. The first-order valence-electron chi connectivity index (χ1n) is 10.8. The first kappa shape index (κ1) is 22.0. The van der Waals surface area contributed by atoms with Crippen LogP contribution in [0, 0.1) is 18.3 Å². The van der Waals surface area contributed by atoms with Crippen LogP contribution in [-0.4, -0.2) is 48.4 Å². The zero-order valence-corrected chi connectivity index (χ0v) is 18.3. The number of amides is 1. The van der Waals surface area contributed by atoms with Gasteiger partial charge in [-0.05, 0) is 61.2 Å². The molecule has 158 valence electrons. The summed E-state index contributed by atoms with van der Waals surface area (Å²) in [6, 6.07) is 16.2. The maximum atomic E-state index is 12.8. The zero-order valence-electron chi connectivity index (χ0n) is 18.3. The van der Waals surface area contributed by atoms with E-state index in [4.69, 9.17) is 5.26 Å². The van der Waals surface area contributed by atoms with Crippen molar-refractivity contribution in [2.45, 2.75) is 39.7 Å². The number of rotatable bonds is 6. The summed E-state index contributed by atoms with van der Waals surface area (Å²) in [5.41, 5.74) is 5.18. The van der Waals surface area contributed by atoms with Gasteiger partial charge in [-0.2, -0.15) is 5.26 Å². The Bertz CT molecular complexity index is 898. The van der Waals surface area contributed by atoms with Gasteiger partial charge in [-0.25, -0.2) is 0 Å². The molecular formula is C25H32N4O. The molecule has 0 atom stereocenters. The number of para-hydroxylation sites is 1. The van der Waals surface area contributed by atoms with Crippen LogP contribution in [0.15, 0.2) is 42.5 Å². The van der Waals surface area contributed by atoms with Gasteiger partial charge in [-0.1, -0.05) is 44.2 Å². The minimum Gasteiger partial charge on any atom is -0.324 e. The van der Waals surface area contributed by atoms with Crippen molar-refractivity contribution in [2.24, 2.45) is 0 Å². The summed E-state index contributed by atoms with van der Waals surface area (Å²) in [6.45, 7) is 11.4. The standard InChI is InChI=1S/C25H32N4O/c1-19(2)23-7-4-6-20(3)25(23)27-24(30)18-29-13-5-12-28(14-15-29)17-22-10-8-21(16-26)9-11-22/h4,6-11,19H,5,12-15,17-18H2,1-3H3,(H,27,30). The average molecular weight is 405 g/mol. The van der Waals surface area contributed by atoms with E-state index in [0.717, 1.165) is 50.4 Å². The normalized spacial score (nSPS) is 15.6. The molecule has 1 N–H and O–H groups in total. The number of hydrogen-bond donors (Lipinski definition) is 1. The molecule has 3 rings (SSSR count). The summed E-state index contributed by atoms with van der Waals surface area (Å²) in [4.78, 5) is 17.4. The van der Waals surface area contributed by atoms with Crippen molar-refractivity contribution in [3.8, 4) is 6.07 Å². The topological polar surface area (TPSA) is 59.4 Å². The van der Waals surface area contributed by atoms with Crippen LogP contribution in [-0.2, 0) is 11.3 Å². The lowest BCUT2D eigenvalue weighted by atomic mass is 9.98. The van der Waals surface area contributed by atoms with E-state index < -0.39 is 0 Å². The Morgan fingerprint density at radius 3 is 2.47 bits per heavy atom. The Balaban J connectivity index is 1.53. The molecule has 0 spiro atoms. The minimum absolute atomic E-state index is 0.0618. The number of carbonyl (C=O) groups is 1. The van der Waals surface area contributed by atoms with Crippen molar-refractivity contribution < 1.29 is 4.79 Å². The van der Waals surface area contributed by atoms with Crippen molar-refractivity contribution >= 4 is 11.6 Å². The fourth-order valence-electron chi connectivity index (χ4n) is 4.01. The SMILES string of the molecule is Cc1cccc(C(C)C)c1NC(=O)CN1CCCN(Cc2ccc(C#N)cc2)CC1. The second-order valence-corrected chi connectivity index (χ2v) is 8.46. The predicted octanol–water partition coefficient (Wildman–Crippen LogP) is 4.14. The Kier molecular flexibility index (Phi) is 7.62. The second-order valence-electron chi connectivity index (χ2n) is 8.46. The molecule has 1 saturated heterocycles. The van der Waals surface area contributed by atoms with Gasteiger partial charge in [0.15, 0.2) is 0 Å². The summed E-state index contributed by atoms with van der Waals surface area (Å²) < 4.78 is 0. The molecule has 5 heteroatoms. The van der Waals surface area contributed by atoms with E-state index in [9.17, 15) is 4.79 Å². The van der Waals surface area contributed by atoms with Crippen LogP contribution in [0.25, 0.3) is 0 Å². The highest BCUT2D eigenvalue weighted by Crippen LogP contribution is 2.27. The molecule has 1 heterocycles. The molecule has 0 radical (unpaired) electrons. The van der Waals surface area contributed by atoms with E-state index in [-0.39, 0.29) is 5.91 Å². The molecule has 2 aromatic rings. The van der Waals surface area contributed by atoms with E-state index in [1.54, 1.807) is 0 Å². The second kappa shape index (κ2) is 10.4. The van der Waals surface area contributed by atoms with Crippen molar-refractivity contribution in [3.05, 3.63) is 64.7 Å². The molecule has 5 nitrogen and oxygen atoms in total. The molecule has 2 aromatic carbocycles. The molecule has 0 bridgehead atoms. The van der Waals surface area contributed by atoms with Crippen LogP contribution < -0.4 is 5.32 Å². The maximum absolute atomic E-state index is 12.8. The summed E-state index contributed by atoms with van der Waals surface area (Å²) in [7, 11) is 0. The van der Waals surface area contributed by atoms with Crippen molar-refractivity contribution in [1.29, 1.82) is 5.26 Å². The Labute approximate surface area is 180 Å². The molecule has 30 heavy (non-hydrogen) atoms. The number of carbonyl (C=O) groups excluding carboxylic acids is 1. The van der Waals surface area contributed by atoms with Crippen molar-refractivity contribution in [3.63, 3.8) is 0 Å². The lowest BCUT2D eigenvalue weighted by Crippen LogP contribution is -2.36. The predicted molar refractivity (Wildman–Crippen MR) is 121 cm³/mol. The van der Waals surface area contributed by atoms with Crippen molar-refractivity contribution in [1.82, 2.24) is 9.80 Å². The van der Waals surface area contributed by atoms with Gasteiger partial charge in [-0.3, -0.25) is 14.6 Å². The Hall–Kier alpha value is -2.68. The van der Waals surface area contributed by atoms with Gasteiger partial charge in [0, 0.05) is 25.3 Å². The fourth-order valence-corrected chi connectivity index (χ4v) is 4.01. The number of anilines is 1. The van der Waals surface area contributed by atoms with Crippen LogP contribution in [0.3, 0.4) is 0 Å². The molecule has 1 aliphatic heterocycles. The molecule has 0 unspecified atom stereocenters. The van der Waals surface area contributed by atoms with Gasteiger partial charge in [0.2, 0.25) is 5.91 Å². The highest BCUT2D eigenvalue weighted by atomic mass is 16.2. The molecule has 1 fully saturated rings. The number of nitrogens with zero attached hydrogens (tertiary/aromatic N) is 3. The van der Waals surface area contributed by atoms with Crippen LogP contribution >= 0.6 is 0 Å². The van der Waals surface area contributed by atoms with Crippen LogP contribution in [0.2, 0.25) is 0 Å². The molecule has 0 aliphatic carbocycles. The van der Waals surface area contributed by atoms with Crippen LogP contribution in [0.1, 0.15) is 48.4 Å². The largest absolute Gasteiger partial charge is 0.324 e. The van der Waals surface area contributed by atoms with Crippen molar-refractivity contribution in [2.75, 3.05) is 38.0 Å². The number of benzene rings is 2. The third-order valence-electron chi connectivity index (χ3n) is 5.73. The van der Waals surface area contributed by atoms with Gasteiger partial charge in [0.1, 0.15) is 0 Å². The maximum Gasteiger partial charge on any atom is 0.238 e. The fraction of sp³-hybridized carbons (Fsp3) is 0.440. The van der Waals surface area contributed by atoms with Gasteiger partial charge in [0.25, 0.3) is 0 Å². The summed E-state index contributed by atoms with van der Waals surface area (Å²) >= 11 is 0. The van der Waals surface area contributed by atoms with Gasteiger partial charge < -0.3 is 5.32 Å². The lowest BCUT2D eigenvalue weighted by Gasteiger charge is -2.22. The highest BCUT2D eigenvalue weighted by Gasteiger charge is 2.19. The molecular weight excluding hydrogens is 372 g/mol. The quantitative estimate of drug-likeness (QED) is 0.786. The Morgan fingerprint density at radius 1 is 1.07 bits per heavy atom. The van der Waals surface area contributed by atoms with Gasteiger partial charge in [0.05, 0.1) is 18.2 Å². The average Bonchev–Trinajstić information content (AvgIpc) is 2.95. The summed E-state index contributed by atoms with van der Waals surface area (Å²) in [5, 5.41) is 12.1. The van der Waals surface area contributed by atoms with E-state index >= 15 is 0 Å². The Morgan fingerprint density at radius 2 is 1.77 bits per heavy atom. The lowest BCUT2D eigenvalue weighted by molar-refractivity contribution is -0.117.